The number of carbonyl (C=O) groups excluding carboxylic acids is 5. The summed E-state index contributed by atoms with van der Waals surface area (Å²) in [4.78, 5) is 77.1. The van der Waals surface area contributed by atoms with E-state index in [0.717, 1.165) is 57.8 Å². The zero-order valence-corrected chi connectivity index (χ0v) is 47.4. The molecule has 2 fully saturated rings. The number of rotatable bonds is 20. The number of aryl methyl sites for hydroxylation is 2. The first kappa shape index (κ1) is 57.9. The number of β-amino-alcohol motifs (C(OH)–C–C–N with tert-alkyl or cyclic N) is 1. The van der Waals surface area contributed by atoms with Crippen molar-refractivity contribution in [3.05, 3.63) is 87.9 Å². The Hall–Kier alpha value is -6.78. The number of aliphatic hydroxyl groups excluding tert-OH is 1. The summed E-state index contributed by atoms with van der Waals surface area (Å²) in [5, 5.41) is 31.8. The third-order valence-electron chi connectivity index (χ3n) is 15.8. The van der Waals surface area contributed by atoms with E-state index < -0.39 is 35.9 Å². The van der Waals surface area contributed by atoms with Gasteiger partial charge in [-0.1, -0.05) is 57.9 Å². The van der Waals surface area contributed by atoms with Crippen molar-refractivity contribution >= 4 is 52.5 Å². The third-order valence-corrected chi connectivity index (χ3v) is 16.8. The monoisotopic (exact) mass is 1120 g/mol. The Balaban J connectivity index is 0.721. The normalized spacial score (nSPS) is 18.0. The van der Waals surface area contributed by atoms with Gasteiger partial charge in [-0.2, -0.15) is 10.2 Å². The number of likely N-dealkylation sites (tertiary alicyclic amines) is 1. The van der Waals surface area contributed by atoms with Crippen molar-refractivity contribution in [3.63, 3.8) is 0 Å². The second-order valence-corrected chi connectivity index (χ2v) is 23.4. The Labute approximate surface area is 470 Å². The quantitative estimate of drug-likeness (QED) is 0.0480. The number of benzene rings is 2. The predicted octanol–water partition coefficient (Wildman–Crippen LogP) is 7.52. The zero-order valence-electron chi connectivity index (χ0n) is 46.6. The number of aromatic nitrogens is 5. The van der Waals surface area contributed by atoms with Crippen LogP contribution in [0.15, 0.2) is 54.3 Å². The molecular weight excluding hydrogens is 1050 g/mol. The lowest BCUT2D eigenvalue weighted by molar-refractivity contribution is -0.144. The van der Waals surface area contributed by atoms with Gasteiger partial charge in [-0.15, -0.1) is 11.3 Å². The van der Waals surface area contributed by atoms with Gasteiger partial charge in [-0.05, 0) is 85.3 Å². The molecule has 4 aliphatic heterocycles. The first-order chi connectivity index (χ1) is 38.5. The Kier molecular flexibility index (Phi) is 18.7. The minimum absolute atomic E-state index is 0.0150. The lowest BCUT2D eigenvalue weighted by Gasteiger charge is -2.35. The van der Waals surface area contributed by atoms with E-state index in [2.05, 4.69) is 40.9 Å². The number of fused-ring (bicyclic) bond motifs is 2. The number of urea groups is 1. The SMILES string of the molecule is CNC(=O)N1CCc2c(c(N3CCCc4cc(-c5cnn(CCNC(=O)CCCCCCC(=O)N[C@H](C(=O)N6C[C@H](O)C[C@H]6C(=O)NCc6ccc(-c7scnc7C)cc6)C(C)(C)C)c5)c(C(F)F)cc43)nn2C2CCOCC2)C1. The summed E-state index contributed by atoms with van der Waals surface area (Å²) in [6, 6.07) is 9.49. The van der Waals surface area contributed by atoms with E-state index in [0.29, 0.717) is 114 Å². The Bertz CT molecular complexity index is 3000. The number of aliphatic hydroxyl groups is 1. The largest absolute Gasteiger partial charge is 0.391 e. The van der Waals surface area contributed by atoms with E-state index in [1.54, 1.807) is 46.4 Å². The molecule has 2 saturated heterocycles. The number of hydrogen-bond donors (Lipinski definition) is 5. The number of alkyl halides is 2. The van der Waals surface area contributed by atoms with Crippen molar-refractivity contribution in [2.45, 2.75) is 155 Å². The van der Waals surface area contributed by atoms with E-state index in [4.69, 9.17) is 9.84 Å². The highest BCUT2D eigenvalue weighted by molar-refractivity contribution is 7.13. The van der Waals surface area contributed by atoms with Crippen LogP contribution in [0.2, 0.25) is 0 Å². The molecule has 430 valence electrons. The number of anilines is 2. The molecule has 9 rings (SSSR count). The van der Waals surface area contributed by atoms with Crippen molar-refractivity contribution < 1.29 is 42.6 Å². The van der Waals surface area contributed by atoms with E-state index in [1.807, 2.05) is 63.5 Å². The highest BCUT2D eigenvalue weighted by Gasteiger charge is 2.44. The number of unbranched alkanes of at least 4 members (excludes halogenated alkanes) is 3. The van der Waals surface area contributed by atoms with Gasteiger partial charge in [0.25, 0.3) is 6.43 Å². The number of nitrogens with zero attached hydrogens (tertiary/aromatic N) is 8. The van der Waals surface area contributed by atoms with Crippen LogP contribution in [-0.2, 0) is 56.4 Å². The number of halogens is 2. The second kappa shape index (κ2) is 25.8. The maximum absolute atomic E-state index is 15.1. The molecule has 7 heterocycles. The van der Waals surface area contributed by atoms with Crippen LogP contribution in [0.5, 0.6) is 0 Å². The molecule has 80 heavy (non-hydrogen) atoms. The van der Waals surface area contributed by atoms with Gasteiger partial charge in [0.2, 0.25) is 23.6 Å². The number of nitrogens with one attached hydrogen (secondary N) is 4. The van der Waals surface area contributed by atoms with Crippen LogP contribution in [0.3, 0.4) is 0 Å². The Morgan fingerprint density at radius 2 is 1.69 bits per heavy atom. The average Bonchev–Trinajstić information content (AvgIpc) is 4.44. The first-order valence-electron chi connectivity index (χ1n) is 28.2. The molecule has 3 atom stereocenters. The van der Waals surface area contributed by atoms with Crippen LogP contribution in [0.25, 0.3) is 21.6 Å². The lowest BCUT2D eigenvalue weighted by Crippen LogP contribution is -2.57. The number of thiazole rings is 1. The van der Waals surface area contributed by atoms with E-state index in [1.165, 1.54) is 4.90 Å². The Morgan fingerprint density at radius 1 is 0.938 bits per heavy atom. The van der Waals surface area contributed by atoms with Crippen LogP contribution < -0.4 is 26.2 Å². The number of carbonyl (C=O) groups is 5. The van der Waals surface area contributed by atoms with Crippen LogP contribution in [0, 0.1) is 12.3 Å². The predicted molar refractivity (Wildman–Crippen MR) is 300 cm³/mol. The summed E-state index contributed by atoms with van der Waals surface area (Å²) in [5.74, 6) is -0.499. The summed E-state index contributed by atoms with van der Waals surface area (Å²) in [6.45, 7) is 11.2. The molecule has 5 N–H and O–H groups in total. The van der Waals surface area contributed by atoms with Gasteiger partial charge in [0.15, 0.2) is 5.82 Å². The molecule has 0 radical (unpaired) electrons. The van der Waals surface area contributed by atoms with Gasteiger partial charge in [-0.25, -0.2) is 18.6 Å². The molecule has 0 spiro atoms. The third kappa shape index (κ3) is 13.5. The summed E-state index contributed by atoms with van der Waals surface area (Å²) in [5.41, 5.74) is 8.54. The smallest absolute Gasteiger partial charge is 0.317 e. The van der Waals surface area contributed by atoms with Crippen LogP contribution in [0.1, 0.15) is 131 Å². The summed E-state index contributed by atoms with van der Waals surface area (Å²) in [7, 11) is 1.62. The molecule has 0 unspecified atom stereocenters. The molecule has 22 heteroatoms. The van der Waals surface area contributed by atoms with Gasteiger partial charge in [-0.3, -0.25) is 28.5 Å². The van der Waals surface area contributed by atoms with Crippen LogP contribution in [0.4, 0.5) is 25.1 Å². The molecule has 3 aromatic heterocycles. The van der Waals surface area contributed by atoms with Crippen molar-refractivity contribution in [1.82, 2.24) is 55.6 Å². The zero-order chi connectivity index (χ0) is 56.7. The molecular formula is C58H76F2N12O7S. The molecule has 2 aromatic carbocycles. The molecule has 0 aliphatic carbocycles. The molecule has 19 nitrogen and oxygen atoms in total. The summed E-state index contributed by atoms with van der Waals surface area (Å²) < 4.78 is 39.6. The van der Waals surface area contributed by atoms with Crippen molar-refractivity contribution in [2.24, 2.45) is 5.41 Å². The topological polar surface area (TPSA) is 221 Å². The fourth-order valence-electron chi connectivity index (χ4n) is 11.5. The number of hydrogen-bond acceptors (Lipinski definition) is 12. The van der Waals surface area contributed by atoms with Gasteiger partial charge < -0.3 is 45.8 Å². The maximum atomic E-state index is 15.1. The van der Waals surface area contributed by atoms with Crippen molar-refractivity contribution in [3.8, 4) is 21.6 Å². The summed E-state index contributed by atoms with van der Waals surface area (Å²) >= 11 is 1.57. The molecule has 6 amide bonds. The van der Waals surface area contributed by atoms with E-state index in [-0.39, 0.29) is 61.3 Å². The van der Waals surface area contributed by atoms with Gasteiger partial charge in [0.05, 0.1) is 47.5 Å². The highest BCUT2D eigenvalue weighted by Crippen LogP contribution is 2.44. The minimum Gasteiger partial charge on any atom is -0.391 e. The number of amides is 6. The van der Waals surface area contributed by atoms with E-state index in [9.17, 15) is 29.1 Å². The van der Waals surface area contributed by atoms with Crippen molar-refractivity contribution in [1.29, 1.82) is 0 Å². The fourth-order valence-corrected chi connectivity index (χ4v) is 12.3. The van der Waals surface area contributed by atoms with Gasteiger partial charge >= 0.3 is 6.03 Å². The molecule has 5 aromatic rings. The van der Waals surface area contributed by atoms with E-state index >= 15 is 8.78 Å². The van der Waals surface area contributed by atoms with Crippen molar-refractivity contribution in [2.75, 3.05) is 51.3 Å². The highest BCUT2D eigenvalue weighted by atomic mass is 32.1. The second-order valence-electron chi connectivity index (χ2n) is 22.6. The van der Waals surface area contributed by atoms with Crippen LogP contribution >= 0.6 is 11.3 Å². The average molecular weight is 1120 g/mol. The molecule has 4 aliphatic rings. The van der Waals surface area contributed by atoms with Gasteiger partial charge in [0, 0.05) is 113 Å². The van der Waals surface area contributed by atoms with Crippen LogP contribution in [-0.4, -0.2) is 134 Å². The Morgan fingerprint density at radius 3 is 2.39 bits per heavy atom. The first-order valence-corrected chi connectivity index (χ1v) is 29.1. The fraction of sp³-hybridized carbons (Fsp3) is 0.552. The maximum Gasteiger partial charge on any atom is 0.317 e. The minimum atomic E-state index is -2.76. The molecule has 0 saturated carbocycles. The standard InChI is InChI=1S/C58H76F2N12O7S/c1-36-51(80-35-64-36)38-16-14-37(15-17-38)30-63-55(76)48-28-42(73)33-71(48)56(77)52(58(2,3)4)66-50(75)13-9-7-6-8-12-49(74)62-21-24-69-32-40(31-65-69)43-27-39-11-10-22-70(47(39)29-44(43)53(59)60)54-45-34-68(57(78)61-5)23-18-46(45)72(67-54)41-19-25-79-26-20-41/h14-17,27,29,31-32,35,41-42,48,52-53,73H,6-13,18-26,28,30,33-34H2,1-5H3,(H,61,78)(H,62,74)(H,63,76)(H,66,75)/t42-,48+,52-/m1/s1. The number of ether oxygens (including phenoxy) is 1. The summed E-state index contributed by atoms with van der Waals surface area (Å²) in [6.07, 6.45) is 6.62. The van der Waals surface area contributed by atoms with Gasteiger partial charge in [0.1, 0.15) is 12.1 Å². The lowest BCUT2D eigenvalue weighted by atomic mass is 9.85. The molecule has 0 bridgehead atoms.